The van der Waals surface area contributed by atoms with Crippen molar-refractivity contribution in [3.8, 4) is 0 Å². The lowest BCUT2D eigenvalue weighted by molar-refractivity contribution is 0.566. The standard InChI is InChI=1S/C28H34BrNO2S/c1-18(2)22-16-24(19(3)4)28(25(17-22)20(5)6)33(31,32)30-27(21-12-8-7-9-13-21)23-14-10-11-15-26(23)29/h7-20,27,30H,1-6H3. The molecule has 0 aliphatic rings. The van der Waals surface area contributed by atoms with E-state index in [9.17, 15) is 8.42 Å². The third kappa shape index (κ3) is 5.76. The molecule has 0 bridgehead atoms. The first-order valence-corrected chi connectivity index (χ1v) is 13.8. The molecule has 1 atom stereocenters. The van der Waals surface area contributed by atoms with Crippen LogP contribution in [0.5, 0.6) is 0 Å². The molecule has 176 valence electrons. The maximum atomic E-state index is 14.1. The molecule has 3 rings (SSSR count). The van der Waals surface area contributed by atoms with Gasteiger partial charge < -0.3 is 0 Å². The smallest absolute Gasteiger partial charge is 0.207 e. The fraction of sp³-hybridized carbons (Fsp3) is 0.357. The summed E-state index contributed by atoms with van der Waals surface area (Å²) in [6, 6.07) is 21.1. The summed E-state index contributed by atoms with van der Waals surface area (Å²) < 4.78 is 32.1. The molecular formula is C28H34BrNO2S. The van der Waals surface area contributed by atoms with Gasteiger partial charge in [-0.2, -0.15) is 4.72 Å². The average molecular weight is 529 g/mol. The maximum absolute atomic E-state index is 14.1. The molecule has 3 aromatic rings. The van der Waals surface area contributed by atoms with Crippen LogP contribution in [-0.4, -0.2) is 8.42 Å². The highest BCUT2D eigenvalue weighted by Crippen LogP contribution is 2.37. The predicted molar refractivity (Wildman–Crippen MR) is 141 cm³/mol. The normalized spacial score (nSPS) is 13.2. The van der Waals surface area contributed by atoms with E-state index in [4.69, 9.17) is 0 Å². The molecule has 0 aromatic heterocycles. The number of rotatable bonds is 8. The summed E-state index contributed by atoms with van der Waals surface area (Å²) in [4.78, 5) is 0.421. The Morgan fingerprint density at radius 1 is 0.667 bits per heavy atom. The lowest BCUT2D eigenvalue weighted by Crippen LogP contribution is -2.31. The van der Waals surface area contributed by atoms with Crippen LogP contribution in [-0.2, 0) is 10.0 Å². The Balaban J connectivity index is 2.23. The highest BCUT2D eigenvalue weighted by atomic mass is 79.9. The maximum Gasteiger partial charge on any atom is 0.242 e. The van der Waals surface area contributed by atoms with E-state index in [1.165, 1.54) is 5.56 Å². The van der Waals surface area contributed by atoms with E-state index in [0.717, 1.165) is 26.7 Å². The molecule has 33 heavy (non-hydrogen) atoms. The van der Waals surface area contributed by atoms with E-state index in [0.29, 0.717) is 10.8 Å². The molecule has 0 spiro atoms. The first-order valence-electron chi connectivity index (χ1n) is 11.5. The van der Waals surface area contributed by atoms with Crippen LogP contribution in [0.25, 0.3) is 0 Å². The van der Waals surface area contributed by atoms with Crippen LogP contribution in [0, 0.1) is 0 Å². The van der Waals surface area contributed by atoms with Gasteiger partial charge >= 0.3 is 0 Å². The van der Waals surface area contributed by atoms with Crippen molar-refractivity contribution in [1.29, 1.82) is 0 Å². The molecule has 0 aliphatic heterocycles. The summed E-state index contributed by atoms with van der Waals surface area (Å²) in [6.45, 7) is 12.5. The Morgan fingerprint density at radius 2 is 1.18 bits per heavy atom. The van der Waals surface area contributed by atoms with Gasteiger partial charge in [-0.25, -0.2) is 8.42 Å². The Morgan fingerprint density at radius 3 is 1.67 bits per heavy atom. The second-order valence-corrected chi connectivity index (χ2v) is 12.0. The summed E-state index contributed by atoms with van der Waals surface area (Å²) in [5.41, 5.74) is 4.69. The number of benzene rings is 3. The molecule has 0 aliphatic carbocycles. The van der Waals surface area contributed by atoms with Crippen LogP contribution in [0.3, 0.4) is 0 Å². The monoisotopic (exact) mass is 527 g/mol. The molecule has 3 aromatic carbocycles. The number of halogens is 1. The fourth-order valence-electron chi connectivity index (χ4n) is 4.08. The van der Waals surface area contributed by atoms with Crippen molar-refractivity contribution in [1.82, 2.24) is 4.72 Å². The zero-order chi connectivity index (χ0) is 24.3. The van der Waals surface area contributed by atoms with Crippen LogP contribution in [0.15, 0.2) is 76.1 Å². The molecule has 5 heteroatoms. The number of hydrogen-bond donors (Lipinski definition) is 1. The third-order valence-corrected chi connectivity index (χ3v) is 8.25. The Kier molecular flexibility index (Phi) is 8.20. The Labute approximate surface area is 207 Å². The highest BCUT2D eigenvalue weighted by molar-refractivity contribution is 9.10. The summed E-state index contributed by atoms with van der Waals surface area (Å²) >= 11 is 3.62. The van der Waals surface area contributed by atoms with Crippen molar-refractivity contribution in [2.75, 3.05) is 0 Å². The quantitative estimate of drug-likeness (QED) is 0.323. The molecule has 0 saturated carbocycles. The van der Waals surface area contributed by atoms with E-state index >= 15 is 0 Å². The van der Waals surface area contributed by atoms with E-state index in [1.54, 1.807) is 0 Å². The SMILES string of the molecule is CC(C)c1cc(C(C)C)c(S(=O)(=O)NC(c2ccccc2)c2ccccc2Br)c(C(C)C)c1. The number of nitrogens with one attached hydrogen (secondary N) is 1. The van der Waals surface area contributed by atoms with Gasteiger partial charge in [0.15, 0.2) is 0 Å². The van der Waals surface area contributed by atoms with Gasteiger partial charge in [-0.3, -0.25) is 0 Å². The lowest BCUT2D eigenvalue weighted by Gasteiger charge is -2.26. The molecule has 3 nitrogen and oxygen atoms in total. The summed E-state index contributed by atoms with van der Waals surface area (Å²) in [5.74, 6) is 0.472. The van der Waals surface area contributed by atoms with Gasteiger partial charge in [-0.1, -0.05) is 118 Å². The van der Waals surface area contributed by atoms with Crippen LogP contribution >= 0.6 is 15.9 Å². The second-order valence-electron chi connectivity index (χ2n) is 9.48. The van der Waals surface area contributed by atoms with Gasteiger partial charge in [-0.05, 0) is 51.6 Å². The zero-order valence-electron chi connectivity index (χ0n) is 20.3. The minimum atomic E-state index is -3.84. The molecule has 0 radical (unpaired) electrons. The van der Waals surface area contributed by atoms with Gasteiger partial charge in [0.1, 0.15) is 0 Å². The Bertz CT molecular complexity index is 1170. The number of hydrogen-bond acceptors (Lipinski definition) is 2. The van der Waals surface area contributed by atoms with E-state index in [-0.39, 0.29) is 11.8 Å². The first-order chi connectivity index (χ1) is 15.5. The van der Waals surface area contributed by atoms with Crippen molar-refractivity contribution < 1.29 is 8.42 Å². The second kappa shape index (κ2) is 10.5. The molecule has 1 unspecified atom stereocenters. The zero-order valence-corrected chi connectivity index (χ0v) is 22.7. The Hall–Kier alpha value is -1.95. The van der Waals surface area contributed by atoms with E-state index < -0.39 is 16.1 Å². The van der Waals surface area contributed by atoms with Gasteiger partial charge in [0.25, 0.3) is 0 Å². The third-order valence-electron chi connectivity index (χ3n) is 5.97. The summed E-state index contributed by atoms with van der Waals surface area (Å²) in [7, 11) is -3.84. The van der Waals surface area contributed by atoms with Crippen molar-refractivity contribution >= 4 is 26.0 Å². The summed E-state index contributed by atoms with van der Waals surface area (Å²) in [5, 5.41) is 0. The molecule has 0 saturated heterocycles. The molecule has 0 amide bonds. The van der Waals surface area contributed by atoms with E-state index in [1.807, 2.05) is 54.6 Å². The predicted octanol–water partition coefficient (Wildman–Crippen LogP) is 7.89. The van der Waals surface area contributed by atoms with Crippen LogP contribution < -0.4 is 4.72 Å². The topological polar surface area (TPSA) is 46.2 Å². The lowest BCUT2D eigenvalue weighted by atomic mass is 9.89. The molecule has 0 heterocycles. The van der Waals surface area contributed by atoms with Crippen molar-refractivity contribution in [2.24, 2.45) is 0 Å². The summed E-state index contributed by atoms with van der Waals surface area (Å²) in [6.07, 6.45) is 0. The van der Waals surface area contributed by atoms with Crippen molar-refractivity contribution in [2.45, 2.75) is 70.2 Å². The van der Waals surface area contributed by atoms with Crippen LogP contribution in [0.2, 0.25) is 0 Å². The van der Waals surface area contributed by atoms with Gasteiger partial charge in [-0.15, -0.1) is 0 Å². The average Bonchev–Trinajstić information content (AvgIpc) is 2.77. The van der Waals surface area contributed by atoms with Gasteiger partial charge in [0.05, 0.1) is 10.9 Å². The first kappa shape index (κ1) is 25.7. The fourth-order valence-corrected chi connectivity index (χ4v) is 6.49. The van der Waals surface area contributed by atoms with Crippen molar-refractivity contribution in [3.63, 3.8) is 0 Å². The molecular weight excluding hydrogens is 494 g/mol. The van der Waals surface area contributed by atoms with Crippen LogP contribution in [0.4, 0.5) is 0 Å². The largest absolute Gasteiger partial charge is 0.242 e. The molecule has 0 fully saturated rings. The minimum Gasteiger partial charge on any atom is -0.207 e. The minimum absolute atomic E-state index is 0.0754. The number of sulfonamides is 1. The van der Waals surface area contributed by atoms with E-state index in [2.05, 4.69) is 74.3 Å². The van der Waals surface area contributed by atoms with Crippen LogP contribution in [0.1, 0.15) is 93.2 Å². The highest BCUT2D eigenvalue weighted by Gasteiger charge is 2.30. The van der Waals surface area contributed by atoms with Crippen molar-refractivity contribution in [3.05, 3.63) is 99.0 Å². The van der Waals surface area contributed by atoms with Gasteiger partial charge in [0.2, 0.25) is 10.0 Å². The molecule has 1 N–H and O–H groups in total. The van der Waals surface area contributed by atoms with Gasteiger partial charge in [0, 0.05) is 4.47 Å².